The zero-order valence-corrected chi connectivity index (χ0v) is 11.2. The molecule has 2 atom stereocenters. The minimum Gasteiger partial charge on any atom is -0.480 e. The Labute approximate surface area is 116 Å². The predicted molar refractivity (Wildman–Crippen MR) is 70.2 cm³/mol. The third-order valence-electron chi connectivity index (χ3n) is 3.39. The fourth-order valence-electron chi connectivity index (χ4n) is 2.09. The number of anilines is 1. The lowest BCUT2D eigenvalue weighted by Crippen LogP contribution is -2.47. The molecular weight excluding hydrogens is 264 g/mol. The lowest BCUT2D eigenvalue weighted by Gasteiger charge is -2.34. The van der Waals surface area contributed by atoms with E-state index in [2.05, 4.69) is 10.4 Å². The first-order valence-electron chi connectivity index (χ1n) is 6.44. The van der Waals surface area contributed by atoms with Crippen LogP contribution in [0.4, 0.5) is 10.5 Å². The normalized spacial score (nSPS) is 22.6. The minimum absolute atomic E-state index is 0.192. The molecule has 0 spiro atoms. The smallest absolute Gasteiger partial charge is 0.325 e. The number of carbonyl (C=O) groups is 2. The van der Waals surface area contributed by atoms with E-state index in [1.807, 2.05) is 6.92 Å². The maximum atomic E-state index is 12.0. The Kier molecular flexibility index (Phi) is 4.23. The number of piperidine rings is 1. The number of urea groups is 1. The first kappa shape index (κ1) is 14.3. The number of carbonyl (C=O) groups excluding carboxylic acids is 1. The summed E-state index contributed by atoms with van der Waals surface area (Å²) >= 11 is 0. The van der Waals surface area contributed by atoms with Crippen LogP contribution in [0.1, 0.15) is 13.3 Å². The van der Waals surface area contributed by atoms with Crippen LogP contribution >= 0.6 is 0 Å². The fourth-order valence-corrected chi connectivity index (χ4v) is 2.09. The number of rotatable bonds is 3. The molecule has 1 aromatic rings. The van der Waals surface area contributed by atoms with Crippen LogP contribution in [0.2, 0.25) is 0 Å². The number of β-amino-alcohol motifs (C(OH)–C–C–N with tert-alkyl or cyclic N) is 1. The van der Waals surface area contributed by atoms with Crippen molar-refractivity contribution < 1.29 is 19.8 Å². The number of aromatic nitrogens is 2. The van der Waals surface area contributed by atoms with Gasteiger partial charge < -0.3 is 20.4 Å². The van der Waals surface area contributed by atoms with Gasteiger partial charge in [0, 0.05) is 19.3 Å². The minimum atomic E-state index is -1.00. The fraction of sp³-hybridized carbons (Fsp3) is 0.583. The Balaban J connectivity index is 1.91. The van der Waals surface area contributed by atoms with Gasteiger partial charge in [0.15, 0.2) is 0 Å². The summed E-state index contributed by atoms with van der Waals surface area (Å²) in [5.41, 5.74) is 0.435. The average molecular weight is 282 g/mol. The summed E-state index contributed by atoms with van der Waals surface area (Å²) in [6.07, 6.45) is 3.09. The predicted octanol–water partition coefficient (Wildman–Crippen LogP) is 0.202. The van der Waals surface area contributed by atoms with Crippen molar-refractivity contribution in [1.82, 2.24) is 14.7 Å². The standard InChI is InChI=1S/C12H18N4O4/c1-8-2-3-15(6-10(8)17)12(20)14-9-4-13-16(5-9)7-11(18)19/h4-5,8,10,17H,2-3,6-7H2,1H3,(H,14,20)(H,18,19). The van der Waals surface area contributed by atoms with Crippen LogP contribution in [0.15, 0.2) is 12.4 Å². The van der Waals surface area contributed by atoms with Gasteiger partial charge in [-0.15, -0.1) is 0 Å². The Morgan fingerprint density at radius 3 is 2.95 bits per heavy atom. The molecule has 1 saturated heterocycles. The van der Waals surface area contributed by atoms with Crippen molar-refractivity contribution in [3.05, 3.63) is 12.4 Å². The molecule has 20 heavy (non-hydrogen) atoms. The Hall–Kier alpha value is -2.09. The van der Waals surface area contributed by atoms with Gasteiger partial charge in [0.25, 0.3) is 0 Å². The van der Waals surface area contributed by atoms with Crippen LogP contribution in [0, 0.1) is 5.92 Å². The highest BCUT2D eigenvalue weighted by molar-refractivity contribution is 5.89. The summed E-state index contributed by atoms with van der Waals surface area (Å²) in [5, 5.41) is 24.9. The molecule has 2 heterocycles. The molecule has 1 fully saturated rings. The van der Waals surface area contributed by atoms with Crippen molar-refractivity contribution in [3.63, 3.8) is 0 Å². The van der Waals surface area contributed by atoms with Crippen LogP contribution in [-0.2, 0) is 11.3 Å². The van der Waals surface area contributed by atoms with E-state index in [0.717, 1.165) is 6.42 Å². The molecule has 2 amide bonds. The van der Waals surface area contributed by atoms with Gasteiger partial charge in [-0.25, -0.2) is 4.79 Å². The SMILES string of the molecule is CC1CCN(C(=O)Nc2cnn(CC(=O)O)c2)CC1O. The van der Waals surface area contributed by atoms with Gasteiger partial charge in [0.2, 0.25) is 0 Å². The van der Waals surface area contributed by atoms with Gasteiger partial charge in [0.05, 0.1) is 18.0 Å². The second-order valence-electron chi connectivity index (χ2n) is 5.03. The number of aliphatic hydroxyl groups excluding tert-OH is 1. The highest BCUT2D eigenvalue weighted by atomic mass is 16.4. The molecule has 0 aromatic carbocycles. The molecule has 3 N–H and O–H groups in total. The Morgan fingerprint density at radius 1 is 1.55 bits per heavy atom. The third-order valence-corrected chi connectivity index (χ3v) is 3.39. The molecule has 2 rings (SSSR count). The Morgan fingerprint density at radius 2 is 2.30 bits per heavy atom. The van der Waals surface area contributed by atoms with E-state index in [4.69, 9.17) is 5.11 Å². The molecule has 1 aliphatic heterocycles. The number of aliphatic carboxylic acids is 1. The lowest BCUT2D eigenvalue weighted by atomic mass is 9.96. The molecule has 1 aromatic heterocycles. The van der Waals surface area contributed by atoms with E-state index in [0.29, 0.717) is 18.8 Å². The zero-order valence-electron chi connectivity index (χ0n) is 11.2. The molecule has 0 radical (unpaired) electrons. The maximum absolute atomic E-state index is 12.0. The van der Waals surface area contributed by atoms with Gasteiger partial charge >= 0.3 is 12.0 Å². The first-order valence-corrected chi connectivity index (χ1v) is 6.44. The average Bonchev–Trinajstić information content (AvgIpc) is 2.79. The zero-order chi connectivity index (χ0) is 14.7. The summed E-state index contributed by atoms with van der Waals surface area (Å²) < 4.78 is 1.23. The van der Waals surface area contributed by atoms with Crippen LogP contribution in [-0.4, -0.2) is 56.1 Å². The number of carboxylic acid groups (broad SMARTS) is 1. The molecular formula is C12H18N4O4. The lowest BCUT2D eigenvalue weighted by molar-refractivity contribution is -0.137. The first-order chi connectivity index (χ1) is 9.45. The van der Waals surface area contributed by atoms with Crippen LogP contribution in [0.25, 0.3) is 0 Å². The molecule has 110 valence electrons. The Bertz CT molecular complexity index is 501. The second kappa shape index (κ2) is 5.91. The van der Waals surface area contributed by atoms with Crippen molar-refractivity contribution in [3.8, 4) is 0 Å². The van der Waals surface area contributed by atoms with Gasteiger partial charge in [-0.05, 0) is 12.3 Å². The number of hydrogen-bond donors (Lipinski definition) is 3. The van der Waals surface area contributed by atoms with Crippen molar-refractivity contribution >= 4 is 17.7 Å². The van der Waals surface area contributed by atoms with Crippen LogP contribution in [0.3, 0.4) is 0 Å². The highest BCUT2D eigenvalue weighted by Crippen LogP contribution is 2.18. The number of likely N-dealkylation sites (tertiary alicyclic amines) is 1. The number of carboxylic acids is 1. The van der Waals surface area contributed by atoms with Gasteiger partial charge in [-0.2, -0.15) is 5.10 Å². The molecule has 0 bridgehead atoms. The van der Waals surface area contributed by atoms with Crippen LogP contribution in [0.5, 0.6) is 0 Å². The van der Waals surface area contributed by atoms with E-state index in [1.54, 1.807) is 4.90 Å². The summed E-state index contributed by atoms with van der Waals surface area (Å²) in [7, 11) is 0. The summed E-state index contributed by atoms with van der Waals surface area (Å²) in [6, 6.07) is -0.314. The largest absolute Gasteiger partial charge is 0.480 e. The second-order valence-corrected chi connectivity index (χ2v) is 5.03. The monoisotopic (exact) mass is 282 g/mol. The highest BCUT2D eigenvalue weighted by Gasteiger charge is 2.27. The molecule has 8 nitrogen and oxygen atoms in total. The number of nitrogens with one attached hydrogen (secondary N) is 1. The van der Waals surface area contributed by atoms with E-state index in [1.165, 1.54) is 17.1 Å². The summed E-state index contributed by atoms with van der Waals surface area (Å²) in [4.78, 5) is 24.1. The number of hydrogen-bond acceptors (Lipinski definition) is 4. The number of amides is 2. The van der Waals surface area contributed by atoms with Gasteiger partial charge in [-0.3, -0.25) is 9.48 Å². The molecule has 0 saturated carbocycles. The van der Waals surface area contributed by atoms with Crippen molar-refractivity contribution in [1.29, 1.82) is 0 Å². The molecule has 8 heteroatoms. The van der Waals surface area contributed by atoms with Gasteiger partial charge in [0.1, 0.15) is 6.54 Å². The molecule has 1 aliphatic rings. The number of nitrogens with zero attached hydrogens (tertiary/aromatic N) is 3. The van der Waals surface area contributed by atoms with E-state index >= 15 is 0 Å². The summed E-state index contributed by atoms with van der Waals surface area (Å²) in [6.45, 7) is 2.59. The van der Waals surface area contributed by atoms with Crippen molar-refractivity contribution in [2.45, 2.75) is 26.0 Å². The number of aliphatic hydroxyl groups is 1. The van der Waals surface area contributed by atoms with Gasteiger partial charge in [-0.1, -0.05) is 6.92 Å². The quantitative estimate of drug-likeness (QED) is 0.734. The van der Waals surface area contributed by atoms with Crippen molar-refractivity contribution in [2.24, 2.45) is 5.92 Å². The summed E-state index contributed by atoms with van der Waals surface area (Å²) in [5.74, 6) is -0.809. The molecule has 2 unspecified atom stereocenters. The van der Waals surface area contributed by atoms with Crippen LogP contribution < -0.4 is 5.32 Å². The molecule has 0 aliphatic carbocycles. The third kappa shape index (κ3) is 3.47. The maximum Gasteiger partial charge on any atom is 0.325 e. The van der Waals surface area contributed by atoms with E-state index in [-0.39, 0.29) is 18.5 Å². The van der Waals surface area contributed by atoms with E-state index < -0.39 is 12.1 Å². The van der Waals surface area contributed by atoms with Crippen molar-refractivity contribution in [2.75, 3.05) is 18.4 Å². The van der Waals surface area contributed by atoms with E-state index in [9.17, 15) is 14.7 Å². The topological polar surface area (TPSA) is 108 Å².